The zero-order valence-corrected chi connectivity index (χ0v) is 16.3. The van der Waals surface area contributed by atoms with E-state index in [-0.39, 0.29) is 11.8 Å². The van der Waals surface area contributed by atoms with Crippen LogP contribution < -0.4 is 9.64 Å². The van der Waals surface area contributed by atoms with Gasteiger partial charge in [-0.3, -0.25) is 4.79 Å². The summed E-state index contributed by atoms with van der Waals surface area (Å²) in [6.07, 6.45) is 0.336. The van der Waals surface area contributed by atoms with Gasteiger partial charge in [0.1, 0.15) is 5.75 Å². The van der Waals surface area contributed by atoms with Crippen molar-refractivity contribution >= 4 is 27.5 Å². The van der Waals surface area contributed by atoms with Gasteiger partial charge in [-0.25, -0.2) is 0 Å². The standard InChI is InChI=1S/C20H18BrN3O3/c1-2-26-17-6-4-3-5-16(17)24-12-14(11-18(24)25)20-22-19(23-27-20)13-7-9-15(21)10-8-13/h3-10,14H,2,11-12H2,1H3. The molecule has 0 spiro atoms. The normalized spacial score (nSPS) is 16.7. The van der Waals surface area contributed by atoms with E-state index in [0.717, 1.165) is 15.7 Å². The van der Waals surface area contributed by atoms with Gasteiger partial charge in [0.25, 0.3) is 0 Å². The van der Waals surface area contributed by atoms with E-state index in [2.05, 4.69) is 26.1 Å². The second-order valence-corrected chi connectivity index (χ2v) is 7.18. The Bertz CT molecular complexity index is 955. The van der Waals surface area contributed by atoms with E-state index in [9.17, 15) is 4.79 Å². The SMILES string of the molecule is CCOc1ccccc1N1CC(c2nc(-c3ccc(Br)cc3)no2)CC1=O. The molecule has 3 aromatic rings. The summed E-state index contributed by atoms with van der Waals surface area (Å²) in [7, 11) is 0. The summed E-state index contributed by atoms with van der Waals surface area (Å²) in [5.74, 6) is 1.60. The van der Waals surface area contributed by atoms with Gasteiger partial charge in [-0.15, -0.1) is 0 Å². The number of para-hydroxylation sites is 2. The molecule has 1 aliphatic heterocycles. The van der Waals surface area contributed by atoms with E-state index >= 15 is 0 Å². The molecule has 1 atom stereocenters. The molecule has 0 N–H and O–H groups in total. The number of rotatable bonds is 5. The lowest BCUT2D eigenvalue weighted by molar-refractivity contribution is -0.117. The highest BCUT2D eigenvalue weighted by atomic mass is 79.9. The molecule has 0 saturated carbocycles. The molecule has 1 unspecified atom stereocenters. The van der Waals surface area contributed by atoms with Gasteiger partial charge in [0.05, 0.1) is 18.2 Å². The molecule has 0 aliphatic carbocycles. The molecule has 0 radical (unpaired) electrons. The van der Waals surface area contributed by atoms with Gasteiger partial charge in [-0.05, 0) is 43.3 Å². The molecule has 1 amide bonds. The van der Waals surface area contributed by atoms with Crippen LogP contribution in [-0.2, 0) is 4.79 Å². The quantitative estimate of drug-likeness (QED) is 0.602. The van der Waals surface area contributed by atoms with Crippen molar-refractivity contribution in [2.45, 2.75) is 19.3 Å². The van der Waals surface area contributed by atoms with Gasteiger partial charge in [0.2, 0.25) is 17.6 Å². The van der Waals surface area contributed by atoms with E-state index in [1.807, 2.05) is 55.5 Å². The zero-order valence-electron chi connectivity index (χ0n) is 14.8. The van der Waals surface area contributed by atoms with Crippen LogP contribution in [0.15, 0.2) is 57.5 Å². The van der Waals surface area contributed by atoms with Crippen LogP contribution in [0.25, 0.3) is 11.4 Å². The van der Waals surface area contributed by atoms with Crippen molar-refractivity contribution < 1.29 is 14.1 Å². The Morgan fingerprint density at radius 3 is 2.78 bits per heavy atom. The summed E-state index contributed by atoms with van der Waals surface area (Å²) in [6, 6.07) is 15.3. The molecule has 7 heteroatoms. The topological polar surface area (TPSA) is 68.5 Å². The van der Waals surface area contributed by atoms with Crippen molar-refractivity contribution in [3.05, 3.63) is 58.9 Å². The monoisotopic (exact) mass is 427 g/mol. The minimum atomic E-state index is -0.135. The molecular formula is C20H18BrN3O3. The average molecular weight is 428 g/mol. The fourth-order valence-corrected chi connectivity index (χ4v) is 3.45. The third-order valence-electron chi connectivity index (χ3n) is 4.47. The summed E-state index contributed by atoms with van der Waals surface area (Å²) in [5.41, 5.74) is 1.65. The Hall–Kier alpha value is -2.67. The third kappa shape index (κ3) is 3.60. The predicted molar refractivity (Wildman–Crippen MR) is 105 cm³/mol. The van der Waals surface area contributed by atoms with Crippen molar-refractivity contribution in [2.75, 3.05) is 18.1 Å². The lowest BCUT2D eigenvalue weighted by Crippen LogP contribution is -2.25. The van der Waals surface area contributed by atoms with Crippen molar-refractivity contribution in [1.29, 1.82) is 0 Å². The minimum Gasteiger partial charge on any atom is -0.492 e. The van der Waals surface area contributed by atoms with Crippen molar-refractivity contribution in [1.82, 2.24) is 10.1 Å². The molecule has 138 valence electrons. The van der Waals surface area contributed by atoms with Crippen LogP contribution in [0.5, 0.6) is 5.75 Å². The van der Waals surface area contributed by atoms with E-state index in [0.29, 0.717) is 37.0 Å². The van der Waals surface area contributed by atoms with Crippen LogP contribution >= 0.6 is 15.9 Å². The summed E-state index contributed by atoms with van der Waals surface area (Å²) in [5, 5.41) is 4.07. The van der Waals surface area contributed by atoms with E-state index in [4.69, 9.17) is 9.26 Å². The van der Waals surface area contributed by atoms with Gasteiger partial charge in [0, 0.05) is 23.0 Å². The van der Waals surface area contributed by atoms with Crippen LogP contribution in [0.1, 0.15) is 25.2 Å². The summed E-state index contributed by atoms with van der Waals surface area (Å²) < 4.78 is 12.1. The zero-order chi connectivity index (χ0) is 18.8. The Labute approximate surface area is 165 Å². The molecule has 1 saturated heterocycles. The number of halogens is 1. The number of hydrogen-bond donors (Lipinski definition) is 0. The molecular weight excluding hydrogens is 410 g/mol. The maximum Gasteiger partial charge on any atom is 0.232 e. The van der Waals surface area contributed by atoms with E-state index in [1.165, 1.54) is 0 Å². The average Bonchev–Trinajstić information content (AvgIpc) is 3.30. The molecule has 0 bridgehead atoms. The van der Waals surface area contributed by atoms with Crippen molar-refractivity contribution in [3.8, 4) is 17.1 Å². The van der Waals surface area contributed by atoms with Gasteiger partial charge in [-0.2, -0.15) is 4.98 Å². The Morgan fingerprint density at radius 1 is 1.22 bits per heavy atom. The highest BCUT2D eigenvalue weighted by molar-refractivity contribution is 9.10. The molecule has 1 aliphatic rings. The highest BCUT2D eigenvalue weighted by Crippen LogP contribution is 2.36. The first-order valence-corrected chi connectivity index (χ1v) is 9.56. The molecule has 6 nitrogen and oxygen atoms in total. The second-order valence-electron chi connectivity index (χ2n) is 6.27. The molecule has 1 aromatic heterocycles. The molecule has 2 heterocycles. The number of ether oxygens (including phenoxy) is 1. The smallest absolute Gasteiger partial charge is 0.232 e. The number of nitrogens with zero attached hydrogens (tertiary/aromatic N) is 3. The maximum atomic E-state index is 12.6. The first-order valence-electron chi connectivity index (χ1n) is 8.77. The lowest BCUT2D eigenvalue weighted by Gasteiger charge is -2.19. The van der Waals surface area contributed by atoms with Gasteiger partial charge < -0.3 is 14.2 Å². The number of carbonyl (C=O) groups is 1. The van der Waals surface area contributed by atoms with Gasteiger partial charge in [-0.1, -0.05) is 33.2 Å². The summed E-state index contributed by atoms with van der Waals surface area (Å²) in [4.78, 5) is 18.9. The number of anilines is 1. The van der Waals surface area contributed by atoms with Gasteiger partial charge in [0.15, 0.2) is 0 Å². The molecule has 1 fully saturated rings. The predicted octanol–water partition coefficient (Wildman–Crippen LogP) is 4.42. The number of carbonyl (C=O) groups excluding carboxylic acids is 1. The maximum absolute atomic E-state index is 12.6. The molecule has 2 aromatic carbocycles. The molecule has 4 rings (SSSR count). The van der Waals surface area contributed by atoms with Crippen LogP contribution in [0.2, 0.25) is 0 Å². The van der Waals surface area contributed by atoms with Crippen molar-refractivity contribution in [3.63, 3.8) is 0 Å². The Morgan fingerprint density at radius 2 is 2.00 bits per heavy atom. The number of amides is 1. The van der Waals surface area contributed by atoms with E-state index in [1.54, 1.807) is 4.90 Å². The fourth-order valence-electron chi connectivity index (χ4n) is 3.18. The van der Waals surface area contributed by atoms with Crippen LogP contribution in [-0.4, -0.2) is 29.2 Å². The largest absolute Gasteiger partial charge is 0.492 e. The number of hydrogen-bond acceptors (Lipinski definition) is 5. The Balaban J connectivity index is 1.56. The lowest BCUT2D eigenvalue weighted by atomic mass is 10.1. The second kappa shape index (κ2) is 7.52. The van der Waals surface area contributed by atoms with Crippen LogP contribution in [0.4, 0.5) is 5.69 Å². The first-order chi connectivity index (χ1) is 13.2. The number of aromatic nitrogens is 2. The van der Waals surface area contributed by atoms with Gasteiger partial charge >= 0.3 is 0 Å². The fraction of sp³-hybridized carbons (Fsp3) is 0.250. The molecule has 27 heavy (non-hydrogen) atoms. The van der Waals surface area contributed by atoms with Crippen molar-refractivity contribution in [2.24, 2.45) is 0 Å². The summed E-state index contributed by atoms with van der Waals surface area (Å²) >= 11 is 3.41. The van der Waals surface area contributed by atoms with Crippen LogP contribution in [0.3, 0.4) is 0 Å². The highest BCUT2D eigenvalue weighted by Gasteiger charge is 2.36. The first kappa shape index (κ1) is 17.7. The summed E-state index contributed by atoms with van der Waals surface area (Å²) in [6.45, 7) is 2.96. The third-order valence-corrected chi connectivity index (χ3v) is 5.00. The number of benzene rings is 2. The Kier molecular flexibility index (Phi) is 4.94. The van der Waals surface area contributed by atoms with Crippen LogP contribution in [0, 0.1) is 0 Å². The van der Waals surface area contributed by atoms with E-state index < -0.39 is 0 Å². The minimum absolute atomic E-state index is 0.0237.